The van der Waals surface area contributed by atoms with Crippen molar-refractivity contribution in [1.82, 2.24) is 14.9 Å². The highest BCUT2D eigenvalue weighted by atomic mass is 32.1. The van der Waals surface area contributed by atoms with Gasteiger partial charge in [0, 0.05) is 25.3 Å². The molecule has 110 valence electrons. The van der Waals surface area contributed by atoms with Gasteiger partial charge in [-0.05, 0) is 38.9 Å². The summed E-state index contributed by atoms with van der Waals surface area (Å²) >= 11 is 5.01. The van der Waals surface area contributed by atoms with Crippen molar-refractivity contribution in [2.24, 2.45) is 5.73 Å². The van der Waals surface area contributed by atoms with E-state index >= 15 is 0 Å². The van der Waals surface area contributed by atoms with E-state index in [1.54, 1.807) is 0 Å². The number of rotatable bonds is 5. The number of aryl methyl sites for hydroxylation is 1. The normalized spacial score (nSPS) is 19.2. The Labute approximate surface area is 126 Å². The van der Waals surface area contributed by atoms with Gasteiger partial charge in [-0.3, -0.25) is 4.90 Å². The van der Waals surface area contributed by atoms with Crippen molar-refractivity contribution >= 4 is 23.2 Å². The van der Waals surface area contributed by atoms with Gasteiger partial charge in [0.15, 0.2) is 0 Å². The maximum atomic E-state index is 5.67. The SMILES string of the molecule is CCN1CCCC1CN(C)c1nc(C)cc(C(N)=S)n1. The fourth-order valence-electron chi connectivity index (χ4n) is 2.77. The van der Waals surface area contributed by atoms with Gasteiger partial charge in [0.05, 0.1) is 0 Å². The molecular weight excluding hydrogens is 270 g/mol. The first-order chi connectivity index (χ1) is 9.51. The van der Waals surface area contributed by atoms with Crippen LogP contribution < -0.4 is 10.6 Å². The molecule has 2 rings (SSSR count). The average Bonchev–Trinajstić information content (AvgIpc) is 2.85. The third-order valence-electron chi connectivity index (χ3n) is 3.83. The number of likely N-dealkylation sites (N-methyl/N-ethyl adjacent to an activating group) is 2. The van der Waals surface area contributed by atoms with Crippen LogP contribution in [0.3, 0.4) is 0 Å². The van der Waals surface area contributed by atoms with Crippen molar-refractivity contribution in [3.63, 3.8) is 0 Å². The highest BCUT2D eigenvalue weighted by Gasteiger charge is 2.24. The van der Waals surface area contributed by atoms with Gasteiger partial charge in [-0.2, -0.15) is 0 Å². The lowest BCUT2D eigenvalue weighted by Crippen LogP contribution is -2.39. The lowest BCUT2D eigenvalue weighted by Gasteiger charge is -2.28. The molecule has 1 aliphatic rings. The Morgan fingerprint density at radius 1 is 1.55 bits per heavy atom. The molecule has 2 N–H and O–H groups in total. The molecule has 0 spiro atoms. The van der Waals surface area contributed by atoms with E-state index in [1.807, 2.05) is 20.0 Å². The van der Waals surface area contributed by atoms with Crippen LogP contribution in [0, 0.1) is 6.92 Å². The molecule has 6 heteroatoms. The van der Waals surface area contributed by atoms with Gasteiger partial charge in [0.1, 0.15) is 10.7 Å². The number of hydrogen-bond acceptors (Lipinski definition) is 5. The van der Waals surface area contributed by atoms with E-state index in [9.17, 15) is 0 Å². The number of likely N-dealkylation sites (tertiary alicyclic amines) is 1. The monoisotopic (exact) mass is 293 g/mol. The van der Waals surface area contributed by atoms with Crippen LogP contribution in [0.1, 0.15) is 31.2 Å². The first-order valence-electron chi connectivity index (χ1n) is 7.12. The van der Waals surface area contributed by atoms with E-state index < -0.39 is 0 Å². The molecule has 0 aliphatic carbocycles. The smallest absolute Gasteiger partial charge is 0.225 e. The predicted octanol–water partition coefficient (Wildman–Crippen LogP) is 1.34. The molecule has 0 radical (unpaired) electrons. The fraction of sp³-hybridized carbons (Fsp3) is 0.643. The van der Waals surface area contributed by atoms with Crippen LogP contribution in [0.5, 0.6) is 0 Å². The van der Waals surface area contributed by atoms with Gasteiger partial charge in [0.2, 0.25) is 5.95 Å². The van der Waals surface area contributed by atoms with Crippen LogP contribution in [0.4, 0.5) is 5.95 Å². The zero-order valence-electron chi connectivity index (χ0n) is 12.5. The Hall–Kier alpha value is -1.27. The number of anilines is 1. The van der Waals surface area contributed by atoms with Crippen molar-refractivity contribution < 1.29 is 0 Å². The zero-order valence-corrected chi connectivity index (χ0v) is 13.3. The molecule has 1 aromatic rings. The van der Waals surface area contributed by atoms with Crippen molar-refractivity contribution in [2.45, 2.75) is 32.7 Å². The van der Waals surface area contributed by atoms with Gasteiger partial charge < -0.3 is 10.6 Å². The summed E-state index contributed by atoms with van der Waals surface area (Å²) in [7, 11) is 2.03. The third-order valence-corrected chi connectivity index (χ3v) is 4.04. The Bertz CT molecular complexity index is 490. The Morgan fingerprint density at radius 2 is 2.30 bits per heavy atom. The van der Waals surface area contributed by atoms with Crippen LogP contribution in [0.15, 0.2) is 6.07 Å². The second-order valence-corrected chi connectivity index (χ2v) is 5.80. The van der Waals surface area contributed by atoms with Crippen LogP contribution in [0.25, 0.3) is 0 Å². The number of nitrogens with two attached hydrogens (primary N) is 1. The summed E-state index contributed by atoms with van der Waals surface area (Å²) in [5.41, 5.74) is 7.21. The standard InChI is InChI=1S/C14H23N5S/c1-4-19-7-5-6-11(19)9-18(3)14-16-10(2)8-12(17-14)13(15)20/h8,11H,4-7,9H2,1-3H3,(H2,15,20). The minimum Gasteiger partial charge on any atom is -0.388 e. The van der Waals surface area contributed by atoms with E-state index in [0.29, 0.717) is 22.7 Å². The molecule has 20 heavy (non-hydrogen) atoms. The number of aromatic nitrogens is 2. The molecule has 1 aromatic heterocycles. The van der Waals surface area contributed by atoms with Crippen molar-refractivity contribution in [1.29, 1.82) is 0 Å². The molecule has 1 aliphatic heterocycles. The van der Waals surface area contributed by atoms with E-state index in [-0.39, 0.29) is 0 Å². The van der Waals surface area contributed by atoms with Crippen LogP contribution in [-0.2, 0) is 0 Å². The van der Waals surface area contributed by atoms with Crippen LogP contribution in [0.2, 0.25) is 0 Å². The van der Waals surface area contributed by atoms with Gasteiger partial charge in [-0.1, -0.05) is 19.1 Å². The van der Waals surface area contributed by atoms with Crippen LogP contribution >= 0.6 is 12.2 Å². The van der Waals surface area contributed by atoms with Gasteiger partial charge in [0.25, 0.3) is 0 Å². The summed E-state index contributed by atoms with van der Waals surface area (Å²) in [4.78, 5) is 13.9. The predicted molar refractivity (Wildman–Crippen MR) is 86.2 cm³/mol. The molecular formula is C14H23N5S. The number of thiocarbonyl (C=S) groups is 1. The molecule has 0 aromatic carbocycles. The Balaban J connectivity index is 2.12. The lowest BCUT2D eigenvalue weighted by atomic mass is 10.2. The summed E-state index contributed by atoms with van der Waals surface area (Å²) in [5.74, 6) is 0.704. The Kier molecular flexibility index (Phi) is 4.88. The second kappa shape index (κ2) is 6.45. The summed E-state index contributed by atoms with van der Waals surface area (Å²) in [6, 6.07) is 2.41. The topological polar surface area (TPSA) is 58.3 Å². The number of hydrogen-bond donors (Lipinski definition) is 1. The highest BCUT2D eigenvalue weighted by molar-refractivity contribution is 7.80. The fourth-order valence-corrected chi connectivity index (χ4v) is 2.87. The molecule has 1 saturated heterocycles. The maximum absolute atomic E-state index is 5.67. The molecule has 0 bridgehead atoms. The lowest BCUT2D eigenvalue weighted by molar-refractivity contribution is 0.270. The van der Waals surface area contributed by atoms with Crippen molar-refractivity contribution in [3.05, 3.63) is 17.5 Å². The van der Waals surface area contributed by atoms with Gasteiger partial charge >= 0.3 is 0 Å². The second-order valence-electron chi connectivity index (χ2n) is 5.36. The first-order valence-corrected chi connectivity index (χ1v) is 7.52. The highest BCUT2D eigenvalue weighted by Crippen LogP contribution is 2.19. The molecule has 0 amide bonds. The van der Waals surface area contributed by atoms with Crippen molar-refractivity contribution in [2.75, 3.05) is 31.6 Å². The van der Waals surface area contributed by atoms with E-state index in [1.165, 1.54) is 19.4 Å². The summed E-state index contributed by atoms with van der Waals surface area (Å²) in [6.45, 7) is 7.39. The van der Waals surface area contributed by atoms with Gasteiger partial charge in [-0.15, -0.1) is 0 Å². The molecule has 1 atom stereocenters. The first kappa shape index (κ1) is 15.1. The molecule has 1 unspecified atom stereocenters. The average molecular weight is 293 g/mol. The third kappa shape index (κ3) is 3.43. The zero-order chi connectivity index (χ0) is 14.7. The minimum atomic E-state index is 0.321. The van der Waals surface area contributed by atoms with Gasteiger partial charge in [-0.25, -0.2) is 9.97 Å². The van der Waals surface area contributed by atoms with E-state index in [4.69, 9.17) is 18.0 Å². The number of nitrogens with zero attached hydrogens (tertiary/aromatic N) is 4. The molecule has 1 fully saturated rings. The van der Waals surface area contributed by atoms with Crippen molar-refractivity contribution in [3.8, 4) is 0 Å². The minimum absolute atomic E-state index is 0.321. The molecule has 0 saturated carbocycles. The Morgan fingerprint density at radius 3 is 2.95 bits per heavy atom. The van der Waals surface area contributed by atoms with E-state index in [2.05, 4.69) is 26.7 Å². The summed E-state index contributed by atoms with van der Waals surface area (Å²) in [5, 5.41) is 0. The molecule has 5 nitrogen and oxygen atoms in total. The largest absolute Gasteiger partial charge is 0.388 e. The summed E-state index contributed by atoms with van der Waals surface area (Å²) in [6.07, 6.45) is 2.52. The maximum Gasteiger partial charge on any atom is 0.225 e. The summed E-state index contributed by atoms with van der Waals surface area (Å²) < 4.78 is 0. The quantitative estimate of drug-likeness (QED) is 0.827. The van der Waals surface area contributed by atoms with Crippen LogP contribution in [-0.4, -0.2) is 52.6 Å². The molecule has 2 heterocycles. The van der Waals surface area contributed by atoms with E-state index in [0.717, 1.165) is 18.8 Å².